The van der Waals surface area contributed by atoms with E-state index in [4.69, 9.17) is 9.84 Å². The summed E-state index contributed by atoms with van der Waals surface area (Å²) < 4.78 is 5.23. The fraction of sp³-hybridized carbons (Fsp3) is 0.200. The predicted octanol–water partition coefficient (Wildman–Crippen LogP) is 1.54. The topological polar surface area (TPSA) is 45.2 Å². The number of rotatable bonds is 3. The van der Waals surface area contributed by atoms with Gasteiger partial charge in [-0.25, -0.2) is 0 Å². The number of fused-ring (bicyclic) bond motifs is 1. The molecule has 0 radical (unpaired) electrons. The van der Waals surface area contributed by atoms with Gasteiger partial charge in [-0.1, -0.05) is 18.2 Å². The monoisotopic (exact) mass is 177 g/mol. The Balaban J connectivity index is 2.28. The van der Waals surface area contributed by atoms with Gasteiger partial charge in [0, 0.05) is 17.0 Å². The molecule has 0 saturated carbocycles. The Bertz CT molecular complexity index is 361. The second kappa shape index (κ2) is 3.49. The molecule has 0 amide bonds. The summed E-state index contributed by atoms with van der Waals surface area (Å²) in [6, 6.07) is 9.87. The van der Waals surface area contributed by atoms with Gasteiger partial charge in [0.1, 0.15) is 6.61 Å². The minimum absolute atomic E-state index is 0.0371. The van der Waals surface area contributed by atoms with Gasteiger partial charge in [-0.3, -0.25) is 0 Å². The molecule has 1 aromatic carbocycles. The Labute approximate surface area is 76.0 Å². The number of hydrogen-bond acceptors (Lipinski definition) is 2. The van der Waals surface area contributed by atoms with Crippen molar-refractivity contribution in [2.45, 2.75) is 0 Å². The first-order chi connectivity index (χ1) is 6.40. The van der Waals surface area contributed by atoms with Crippen molar-refractivity contribution in [2.75, 3.05) is 13.2 Å². The molecule has 0 fully saturated rings. The first kappa shape index (κ1) is 8.13. The van der Waals surface area contributed by atoms with Crippen LogP contribution in [0.5, 0.6) is 5.88 Å². The molecule has 68 valence electrons. The lowest BCUT2D eigenvalue weighted by Gasteiger charge is -1.98. The van der Waals surface area contributed by atoms with Crippen molar-refractivity contribution in [3.8, 4) is 5.88 Å². The van der Waals surface area contributed by atoms with Crippen LogP contribution in [0.25, 0.3) is 10.9 Å². The van der Waals surface area contributed by atoms with Gasteiger partial charge >= 0.3 is 0 Å². The normalized spacial score (nSPS) is 10.5. The SMILES string of the molecule is OCCOc1cc2ccccc2[nH]1. The number of hydrogen-bond donors (Lipinski definition) is 2. The van der Waals surface area contributed by atoms with Crippen LogP contribution in [0, 0.1) is 0 Å². The second-order valence-corrected chi connectivity index (χ2v) is 2.79. The fourth-order valence-electron chi connectivity index (χ4n) is 1.28. The van der Waals surface area contributed by atoms with Crippen LogP contribution in [0.2, 0.25) is 0 Å². The van der Waals surface area contributed by atoms with Crippen molar-refractivity contribution in [2.24, 2.45) is 0 Å². The molecule has 0 aliphatic rings. The maximum atomic E-state index is 8.56. The number of aromatic amines is 1. The number of benzene rings is 1. The van der Waals surface area contributed by atoms with E-state index in [1.807, 2.05) is 30.3 Å². The Morgan fingerprint density at radius 2 is 2.15 bits per heavy atom. The van der Waals surface area contributed by atoms with Crippen LogP contribution in [-0.2, 0) is 0 Å². The van der Waals surface area contributed by atoms with Crippen LogP contribution in [-0.4, -0.2) is 23.3 Å². The third-order valence-corrected chi connectivity index (χ3v) is 1.85. The van der Waals surface area contributed by atoms with Crippen LogP contribution in [0.1, 0.15) is 0 Å². The maximum absolute atomic E-state index is 8.56. The summed E-state index contributed by atoms with van der Waals surface area (Å²) in [6.07, 6.45) is 0. The van der Waals surface area contributed by atoms with Crippen LogP contribution >= 0.6 is 0 Å². The zero-order chi connectivity index (χ0) is 9.10. The molecule has 0 spiro atoms. The molecule has 13 heavy (non-hydrogen) atoms. The van der Waals surface area contributed by atoms with E-state index in [1.54, 1.807) is 0 Å². The average Bonchev–Trinajstić information content (AvgIpc) is 2.57. The zero-order valence-corrected chi connectivity index (χ0v) is 7.16. The van der Waals surface area contributed by atoms with Crippen LogP contribution in [0.3, 0.4) is 0 Å². The Hall–Kier alpha value is -1.48. The minimum atomic E-state index is 0.0371. The van der Waals surface area contributed by atoms with Gasteiger partial charge in [0.25, 0.3) is 0 Å². The van der Waals surface area contributed by atoms with Gasteiger partial charge in [-0.2, -0.15) is 0 Å². The summed E-state index contributed by atoms with van der Waals surface area (Å²) in [7, 11) is 0. The van der Waals surface area contributed by atoms with Gasteiger partial charge in [-0.05, 0) is 6.07 Å². The van der Waals surface area contributed by atoms with E-state index in [2.05, 4.69) is 4.98 Å². The highest BCUT2D eigenvalue weighted by molar-refractivity contribution is 5.81. The highest BCUT2D eigenvalue weighted by Crippen LogP contribution is 2.19. The van der Waals surface area contributed by atoms with Gasteiger partial charge < -0.3 is 14.8 Å². The molecule has 0 unspecified atom stereocenters. The fourth-order valence-corrected chi connectivity index (χ4v) is 1.28. The third-order valence-electron chi connectivity index (χ3n) is 1.85. The van der Waals surface area contributed by atoms with Crippen molar-refractivity contribution in [1.29, 1.82) is 0 Å². The molecule has 0 saturated heterocycles. The Morgan fingerprint density at radius 1 is 1.31 bits per heavy atom. The molecule has 3 heteroatoms. The van der Waals surface area contributed by atoms with E-state index < -0.39 is 0 Å². The molecular formula is C10H11NO2. The summed E-state index contributed by atoms with van der Waals surface area (Å²) in [5, 5.41) is 9.68. The number of aromatic nitrogens is 1. The highest BCUT2D eigenvalue weighted by Gasteiger charge is 1.98. The summed E-state index contributed by atoms with van der Waals surface area (Å²) in [5.41, 5.74) is 1.05. The lowest BCUT2D eigenvalue weighted by atomic mass is 10.3. The van der Waals surface area contributed by atoms with Crippen LogP contribution < -0.4 is 4.74 Å². The van der Waals surface area contributed by atoms with Crippen molar-refractivity contribution in [3.63, 3.8) is 0 Å². The van der Waals surface area contributed by atoms with E-state index in [1.165, 1.54) is 0 Å². The quantitative estimate of drug-likeness (QED) is 0.747. The van der Waals surface area contributed by atoms with E-state index in [-0.39, 0.29) is 6.61 Å². The number of aliphatic hydroxyl groups excluding tert-OH is 1. The molecule has 1 heterocycles. The summed E-state index contributed by atoms with van der Waals surface area (Å²) in [5.74, 6) is 0.704. The lowest BCUT2D eigenvalue weighted by molar-refractivity contribution is 0.197. The predicted molar refractivity (Wildman–Crippen MR) is 50.9 cm³/mol. The molecular weight excluding hydrogens is 166 g/mol. The maximum Gasteiger partial charge on any atom is 0.191 e. The Morgan fingerprint density at radius 3 is 2.92 bits per heavy atom. The number of para-hydroxylation sites is 1. The third kappa shape index (κ3) is 1.65. The average molecular weight is 177 g/mol. The van der Waals surface area contributed by atoms with E-state index in [0.29, 0.717) is 12.5 Å². The van der Waals surface area contributed by atoms with Crippen molar-refractivity contribution in [1.82, 2.24) is 4.98 Å². The van der Waals surface area contributed by atoms with E-state index in [0.717, 1.165) is 10.9 Å². The zero-order valence-electron chi connectivity index (χ0n) is 7.16. The first-order valence-corrected chi connectivity index (χ1v) is 4.21. The number of ether oxygens (including phenoxy) is 1. The molecule has 2 N–H and O–H groups in total. The standard InChI is InChI=1S/C10H11NO2/c12-5-6-13-10-7-8-3-1-2-4-9(8)11-10/h1-4,7,11-12H,5-6H2. The van der Waals surface area contributed by atoms with Crippen LogP contribution in [0.15, 0.2) is 30.3 Å². The molecule has 2 aromatic rings. The van der Waals surface area contributed by atoms with E-state index in [9.17, 15) is 0 Å². The largest absolute Gasteiger partial charge is 0.477 e. The van der Waals surface area contributed by atoms with Crippen molar-refractivity contribution in [3.05, 3.63) is 30.3 Å². The second-order valence-electron chi connectivity index (χ2n) is 2.79. The van der Waals surface area contributed by atoms with Crippen molar-refractivity contribution >= 4 is 10.9 Å². The van der Waals surface area contributed by atoms with E-state index >= 15 is 0 Å². The number of H-pyrrole nitrogens is 1. The van der Waals surface area contributed by atoms with Crippen molar-refractivity contribution < 1.29 is 9.84 Å². The molecule has 0 aliphatic heterocycles. The molecule has 1 aromatic heterocycles. The van der Waals surface area contributed by atoms with Gasteiger partial charge in [0.05, 0.1) is 6.61 Å². The lowest BCUT2D eigenvalue weighted by Crippen LogP contribution is -2.01. The molecule has 3 nitrogen and oxygen atoms in total. The van der Waals surface area contributed by atoms with Gasteiger partial charge in [0.2, 0.25) is 0 Å². The number of aliphatic hydroxyl groups is 1. The molecule has 2 rings (SSSR count). The highest BCUT2D eigenvalue weighted by atomic mass is 16.5. The van der Waals surface area contributed by atoms with Gasteiger partial charge in [0.15, 0.2) is 5.88 Å². The first-order valence-electron chi connectivity index (χ1n) is 4.21. The smallest absolute Gasteiger partial charge is 0.191 e. The molecule has 0 atom stereocenters. The Kier molecular flexibility index (Phi) is 2.19. The molecule has 0 aliphatic carbocycles. The minimum Gasteiger partial charge on any atom is -0.477 e. The summed E-state index contributed by atoms with van der Waals surface area (Å²) >= 11 is 0. The van der Waals surface area contributed by atoms with Crippen LogP contribution in [0.4, 0.5) is 0 Å². The summed E-state index contributed by atoms with van der Waals surface area (Å²) in [6.45, 7) is 0.363. The summed E-state index contributed by atoms with van der Waals surface area (Å²) in [4.78, 5) is 3.10. The van der Waals surface area contributed by atoms with Gasteiger partial charge in [-0.15, -0.1) is 0 Å². The molecule has 0 bridgehead atoms. The number of nitrogens with one attached hydrogen (secondary N) is 1.